The summed E-state index contributed by atoms with van der Waals surface area (Å²) in [6, 6.07) is 0. The van der Waals surface area contributed by atoms with E-state index in [0.29, 0.717) is 0 Å². The molecule has 0 unspecified atom stereocenters. The van der Waals surface area contributed by atoms with Crippen LogP contribution >= 0.6 is 0 Å². The van der Waals surface area contributed by atoms with Crippen molar-refractivity contribution in [3.8, 4) is 0 Å². The predicted octanol–water partition coefficient (Wildman–Crippen LogP) is 0.418. The van der Waals surface area contributed by atoms with E-state index in [1.165, 1.54) is 51.4 Å². The second-order valence-corrected chi connectivity index (χ2v) is 7.17. The zero-order valence-corrected chi connectivity index (χ0v) is 19.2. The third-order valence-electron chi connectivity index (χ3n) is 6.06. The second kappa shape index (κ2) is 19.8. The van der Waals surface area contributed by atoms with E-state index in [1.807, 2.05) is 0 Å². The zero-order valence-electron chi connectivity index (χ0n) is 16.7. The van der Waals surface area contributed by atoms with Gasteiger partial charge in [0.2, 0.25) is 0 Å². The van der Waals surface area contributed by atoms with Crippen LogP contribution in [-0.2, 0) is 17.1 Å². The molecule has 0 atom stereocenters. The summed E-state index contributed by atoms with van der Waals surface area (Å²) >= 11 is 0. The average Bonchev–Trinajstić information content (AvgIpc) is 2.60. The van der Waals surface area contributed by atoms with Gasteiger partial charge in [-0.3, -0.25) is 0 Å². The molecule has 0 aliphatic carbocycles. The summed E-state index contributed by atoms with van der Waals surface area (Å²) in [6.45, 7) is 13.8. The molecule has 2 fully saturated rings. The molecule has 0 aromatic rings. The first-order valence-electron chi connectivity index (χ1n) is 10.0. The molecule has 2 heterocycles. The minimum atomic E-state index is 0. The molecule has 0 aromatic heterocycles. The van der Waals surface area contributed by atoms with Crippen LogP contribution in [0.2, 0.25) is 0 Å². The van der Waals surface area contributed by atoms with Crippen molar-refractivity contribution in [1.29, 1.82) is 0 Å². The maximum absolute atomic E-state index is 4.38. The first kappa shape index (κ1) is 30.7. The molecular formula is C20H40Cl2CuN2-2. The van der Waals surface area contributed by atoms with E-state index in [1.54, 1.807) is 0 Å². The van der Waals surface area contributed by atoms with E-state index in [2.05, 4.69) is 38.3 Å². The summed E-state index contributed by atoms with van der Waals surface area (Å²) in [7, 11) is 0. The van der Waals surface area contributed by atoms with Crippen LogP contribution in [0.15, 0.2) is 0 Å². The number of nitrogens with zero attached hydrogens (tertiary/aromatic N) is 2. The fourth-order valence-corrected chi connectivity index (χ4v) is 4.39. The van der Waals surface area contributed by atoms with Gasteiger partial charge in [0.05, 0.1) is 0 Å². The SMILES string of the molecule is CCC(CC)C1CC[N-]CC1.CCC(CC)C1CC[N-]CC1.[Cl-].[Cl-].[Cu+2]. The van der Waals surface area contributed by atoms with E-state index in [0.717, 1.165) is 49.9 Å². The largest absolute Gasteiger partial charge is 2.00 e. The van der Waals surface area contributed by atoms with Gasteiger partial charge < -0.3 is 35.4 Å². The Morgan fingerprint density at radius 2 is 0.840 bits per heavy atom. The molecule has 0 spiro atoms. The van der Waals surface area contributed by atoms with Crippen LogP contribution in [0.3, 0.4) is 0 Å². The monoisotopic (exact) mass is 441 g/mol. The van der Waals surface area contributed by atoms with Gasteiger partial charge in [-0.1, -0.05) is 79.1 Å². The van der Waals surface area contributed by atoms with Gasteiger partial charge in [-0.25, -0.2) is 0 Å². The number of halogens is 2. The third kappa shape index (κ3) is 12.2. The summed E-state index contributed by atoms with van der Waals surface area (Å²) in [6.07, 6.45) is 10.9. The first-order valence-corrected chi connectivity index (χ1v) is 10.0. The van der Waals surface area contributed by atoms with Crippen molar-refractivity contribution in [2.24, 2.45) is 23.7 Å². The molecule has 0 amide bonds. The summed E-state index contributed by atoms with van der Waals surface area (Å²) in [5.41, 5.74) is 0. The Balaban J connectivity index is -0.000000346. The Morgan fingerprint density at radius 1 is 0.600 bits per heavy atom. The Hall–Kier alpha value is 1.02. The van der Waals surface area contributed by atoms with E-state index in [4.69, 9.17) is 0 Å². The van der Waals surface area contributed by atoms with Crippen LogP contribution in [0.25, 0.3) is 10.6 Å². The third-order valence-corrected chi connectivity index (χ3v) is 6.06. The molecule has 2 aliphatic rings. The summed E-state index contributed by atoms with van der Waals surface area (Å²) in [4.78, 5) is 0. The van der Waals surface area contributed by atoms with E-state index < -0.39 is 0 Å². The summed E-state index contributed by atoms with van der Waals surface area (Å²) in [5.74, 6) is 3.93. The van der Waals surface area contributed by atoms with Crippen LogP contribution in [0.4, 0.5) is 0 Å². The molecular weight excluding hydrogens is 403 g/mol. The van der Waals surface area contributed by atoms with Crippen molar-refractivity contribution >= 4 is 0 Å². The van der Waals surface area contributed by atoms with Crippen molar-refractivity contribution in [2.45, 2.75) is 79.1 Å². The van der Waals surface area contributed by atoms with Crippen LogP contribution in [0.5, 0.6) is 0 Å². The standard InChI is InChI=1S/2C10H20N.2ClH.Cu/c2*1-3-9(4-2)10-5-7-11-8-6-10;;;/h2*9-10H,3-8H2,1-2H3;2*1H;/q2*-1;;;+2/p-2. The molecule has 2 rings (SSSR count). The molecule has 0 aromatic carbocycles. The van der Waals surface area contributed by atoms with E-state index >= 15 is 0 Å². The van der Waals surface area contributed by atoms with Gasteiger partial charge in [-0.15, -0.1) is 26.2 Å². The van der Waals surface area contributed by atoms with Gasteiger partial charge in [0.1, 0.15) is 0 Å². The van der Waals surface area contributed by atoms with E-state index in [9.17, 15) is 0 Å². The molecule has 2 saturated heterocycles. The molecule has 2 aliphatic heterocycles. The Kier molecular flexibility index (Phi) is 24.3. The second-order valence-electron chi connectivity index (χ2n) is 7.17. The summed E-state index contributed by atoms with van der Waals surface area (Å²) in [5, 5.41) is 8.76. The normalized spacial score (nSPS) is 18.5. The van der Waals surface area contributed by atoms with Crippen LogP contribution in [0.1, 0.15) is 79.1 Å². The maximum atomic E-state index is 4.38. The quantitative estimate of drug-likeness (QED) is 0.533. The van der Waals surface area contributed by atoms with Crippen molar-refractivity contribution in [2.75, 3.05) is 26.2 Å². The molecule has 157 valence electrons. The van der Waals surface area contributed by atoms with Gasteiger partial charge in [0.15, 0.2) is 0 Å². The molecule has 0 bridgehead atoms. The summed E-state index contributed by atoms with van der Waals surface area (Å²) < 4.78 is 0. The Labute approximate surface area is 181 Å². The van der Waals surface area contributed by atoms with Crippen LogP contribution < -0.4 is 24.8 Å². The van der Waals surface area contributed by atoms with Crippen LogP contribution in [-0.4, -0.2) is 26.2 Å². The molecule has 25 heavy (non-hydrogen) atoms. The maximum Gasteiger partial charge on any atom is 2.00 e. The van der Waals surface area contributed by atoms with Crippen molar-refractivity contribution in [1.82, 2.24) is 0 Å². The zero-order chi connectivity index (χ0) is 16.2. The first-order chi connectivity index (χ1) is 10.8. The molecule has 0 saturated carbocycles. The Morgan fingerprint density at radius 3 is 1.04 bits per heavy atom. The number of rotatable bonds is 6. The minimum Gasteiger partial charge on any atom is -1.00 e. The molecule has 5 heteroatoms. The minimum absolute atomic E-state index is 0. The Bertz CT molecular complexity index is 224. The van der Waals surface area contributed by atoms with Gasteiger partial charge in [0, 0.05) is 0 Å². The van der Waals surface area contributed by atoms with Crippen molar-refractivity contribution in [3.05, 3.63) is 10.6 Å². The molecule has 2 nitrogen and oxygen atoms in total. The van der Waals surface area contributed by atoms with Gasteiger partial charge in [0.25, 0.3) is 0 Å². The molecule has 1 radical (unpaired) electrons. The average molecular weight is 443 g/mol. The van der Waals surface area contributed by atoms with E-state index in [-0.39, 0.29) is 41.9 Å². The predicted molar refractivity (Wildman–Crippen MR) is 99.8 cm³/mol. The number of hydrogen-bond acceptors (Lipinski definition) is 0. The number of hydrogen-bond donors (Lipinski definition) is 0. The fourth-order valence-electron chi connectivity index (χ4n) is 4.39. The van der Waals surface area contributed by atoms with Crippen LogP contribution in [0, 0.1) is 23.7 Å². The van der Waals surface area contributed by atoms with Gasteiger partial charge in [-0.05, 0) is 23.7 Å². The topological polar surface area (TPSA) is 28.2 Å². The van der Waals surface area contributed by atoms with Crippen molar-refractivity contribution < 1.29 is 41.9 Å². The fraction of sp³-hybridized carbons (Fsp3) is 1.00. The number of piperidine rings is 2. The van der Waals surface area contributed by atoms with Crippen molar-refractivity contribution in [3.63, 3.8) is 0 Å². The van der Waals surface area contributed by atoms with Gasteiger partial charge in [-0.2, -0.15) is 0 Å². The molecule has 0 N–H and O–H groups in total. The van der Waals surface area contributed by atoms with Gasteiger partial charge >= 0.3 is 17.1 Å². The smallest absolute Gasteiger partial charge is 1.00 e.